The van der Waals surface area contributed by atoms with Crippen molar-refractivity contribution in [1.82, 2.24) is 0 Å². The van der Waals surface area contributed by atoms with Crippen molar-refractivity contribution in [3.05, 3.63) is 0 Å². The van der Waals surface area contributed by atoms with E-state index in [4.69, 9.17) is 0 Å². The summed E-state index contributed by atoms with van der Waals surface area (Å²) in [6.45, 7) is 0. The molecule has 0 aliphatic heterocycles. The normalized spacial score (nSPS) is 53.4. The van der Waals surface area contributed by atoms with Gasteiger partial charge in [-0.2, -0.15) is 0 Å². The molecular formula is C15H20O. The molecule has 5 aliphatic rings. The van der Waals surface area contributed by atoms with Crippen LogP contribution in [-0.4, -0.2) is 5.78 Å². The summed E-state index contributed by atoms with van der Waals surface area (Å²) in [6.07, 6.45) is 13.4. The third kappa shape index (κ3) is 0.559. The van der Waals surface area contributed by atoms with Crippen molar-refractivity contribution >= 4 is 5.78 Å². The second kappa shape index (κ2) is 2.04. The predicted molar refractivity (Wildman–Crippen MR) is 60.9 cm³/mol. The maximum Gasteiger partial charge on any atom is 0.140 e. The molecular weight excluding hydrogens is 196 g/mol. The van der Waals surface area contributed by atoms with E-state index in [0.29, 0.717) is 16.2 Å². The molecule has 0 heterocycles. The number of carbonyl (C=O) groups is 1. The number of hydrogen-bond acceptors (Lipinski definition) is 1. The molecule has 0 bridgehead atoms. The standard InChI is InChI=1S/C15H20O/c16-11-1-2-12-3-5-13(7-8-13)15(11,12)14(6-4-12)9-10-14/h1-10H2. The molecule has 0 unspecified atom stereocenters. The maximum atomic E-state index is 12.8. The summed E-state index contributed by atoms with van der Waals surface area (Å²) >= 11 is 0. The van der Waals surface area contributed by atoms with Crippen LogP contribution in [0.4, 0.5) is 0 Å². The third-order valence-electron chi connectivity index (χ3n) is 7.51. The largest absolute Gasteiger partial charge is 0.299 e. The highest BCUT2D eigenvalue weighted by molar-refractivity contribution is 5.92. The molecule has 2 spiro atoms. The van der Waals surface area contributed by atoms with Crippen LogP contribution in [0.25, 0.3) is 0 Å². The Balaban J connectivity index is 1.84. The number of hydrogen-bond donors (Lipinski definition) is 0. The van der Waals surface area contributed by atoms with Crippen molar-refractivity contribution in [2.75, 3.05) is 0 Å². The molecule has 0 aromatic rings. The zero-order valence-corrected chi connectivity index (χ0v) is 9.98. The molecule has 5 aliphatic carbocycles. The number of rotatable bonds is 0. The smallest absolute Gasteiger partial charge is 0.140 e. The lowest BCUT2D eigenvalue weighted by atomic mass is 9.59. The summed E-state index contributed by atoms with van der Waals surface area (Å²) < 4.78 is 0. The Labute approximate surface area is 97.0 Å². The van der Waals surface area contributed by atoms with Crippen LogP contribution in [0, 0.1) is 21.7 Å². The molecule has 1 heteroatoms. The van der Waals surface area contributed by atoms with Gasteiger partial charge in [0.25, 0.3) is 0 Å². The summed E-state index contributed by atoms with van der Waals surface area (Å²) in [4.78, 5) is 12.8. The zero-order valence-electron chi connectivity index (χ0n) is 9.98. The fraction of sp³-hybridized carbons (Fsp3) is 0.933. The summed E-state index contributed by atoms with van der Waals surface area (Å²) in [6, 6.07) is 0. The Bertz CT molecular complexity index is 387. The SMILES string of the molecule is O=C1CCC23CCC4(CC4)C12C1(CC3)CC1. The number of Topliss-reactive ketones (excluding diaryl/α,β-unsaturated/α-hetero) is 1. The first-order chi connectivity index (χ1) is 7.71. The topological polar surface area (TPSA) is 17.1 Å². The number of carbonyl (C=O) groups excluding carboxylic acids is 1. The molecule has 0 N–H and O–H groups in total. The highest BCUT2D eigenvalue weighted by Crippen LogP contribution is 2.91. The van der Waals surface area contributed by atoms with Crippen LogP contribution in [0.3, 0.4) is 0 Å². The summed E-state index contributed by atoms with van der Waals surface area (Å²) in [5.41, 5.74) is 1.81. The first-order valence-corrected chi connectivity index (χ1v) is 7.24. The minimum absolute atomic E-state index is 0.229. The van der Waals surface area contributed by atoms with Crippen LogP contribution in [0.2, 0.25) is 0 Å². The maximum absolute atomic E-state index is 12.8. The van der Waals surface area contributed by atoms with Gasteiger partial charge in [0.05, 0.1) is 0 Å². The average molecular weight is 216 g/mol. The first kappa shape index (κ1) is 8.72. The van der Waals surface area contributed by atoms with Crippen molar-refractivity contribution in [2.45, 2.75) is 64.2 Å². The van der Waals surface area contributed by atoms with Gasteiger partial charge in [0, 0.05) is 11.8 Å². The fourth-order valence-electron chi connectivity index (χ4n) is 6.94. The second-order valence-corrected chi connectivity index (χ2v) is 7.51. The van der Waals surface area contributed by atoms with E-state index in [0.717, 1.165) is 12.2 Å². The molecule has 5 rings (SSSR count). The molecule has 16 heavy (non-hydrogen) atoms. The molecule has 86 valence electrons. The summed E-state index contributed by atoms with van der Waals surface area (Å²) in [7, 11) is 0. The van der Waals surface area contributed by atoms with E-state index in [-0.39, 0.29) is 5.41 Å². The molecule has 0 aromatic carbocycles. The van der Waals surface area contributed by atoms with Gasteiger partial charge in [-0.1, -0.05) is 0 Å². The van der Waals surface area contributed by atoms with Gasteiger partial charge in [-0.15, -0.1) is 0 Å². The van der Waals surface area contributed by atoms with E-state index in [1.165, 1.54) is 57.8 Å². The zero-order chi connectivity index (χ0) is 10.6. The Morgan fingerprint density at radius 1 is 0.625 bits per heavy atom. The van der Waals surface area contributed by atoms with Crippen molar-refractivity contribution < 1.29 is 4.79 Å². The molecule has 0 radical (unpaired) electrons. The van der Waals surface area contributed by atoms with E-state index >= 15 is 0 Å². The Kier molecular flexibility index (Phi) is 1.11. The molecule has 1 nitrogen and oxygen atoms in total. The first-order valence-electron chi connectivity index (χ1n) is 7.24. The minimum atomic E-state index is 0.229. The van der Waals surface area contributed by atoms with Gasteiger partial charge in [0.15, 0.2) is 0 Å². The van der Waals surface area contributed by atoms with Crippen LogP contribution in [0.1, 0.15) is 64.2 Å². The quantitative estimate of drug-likeness (QED) is 0.606. The van der Waals surface area contributed by atoms with Gasteiger partial charge in [-0.3, -0.25) is 4.79 Å². The van der Waals surface area contributed by atoms with E-state index in [1.807, 2.05) is 0 Å². The molecule has 0 amide bonds. The van der Waals surface area contributed by atoms with Gasteiger partial charge < -0.3 is 0 Å². The van der Waals surface area contributed by atoms with Crippen molar-refractivity contribution in [2.24, 2.45) is 21.7 Å². The highest BCUT2D eigenvalue weighted by Gasteiger charge is 2.86. The Morgan fingerprint density at radius 3 is 1.44 bits per heavy atom. The van der Waals surface area contributed by atoms with Crippen LogP contribution >= 0.6 is 0 Å². The van der Waals surface area contributed by atoms with Gasteiger partial charge in [0.2, 0.25) is 0 Å². The minimum Gasteiger partial charge on any atom is -0.299 e. The highest BCUT2D eigenvalue weighted by atomic mass is 16.1. The molecule has 5 saturated carbocycles. The van der Waals surface area contributed by atoms with E-state index in [2.05, 4.69) is 0 Å². The van der Waals surface area contributed by atoms with Gasteiger partial charge >= 0.3 is 0 Å². The molecule has 0 saturated heterocycles. The van der Waals surface area contributed by atoms with Crippen LogP contribution in [0.5, 0.6) is 0 Å². The third-order valence-corrected chi connectivity index (χ3v) is 7.51. The Hall–Kier alpha value is -0.330. The van der Waals surface area contributed by atoms with Crippen LogP contribution in [0.15, 0.2) is 0 Å². The summed E-state index contributed by atoms with van der Waals surface area (Å²) in [5, 5.41) is 0. The lowest BCUT2D eigenvalue weighted by molar-refractivity contribution is -0.136. The fourth-order valence-corrected chi connectivity index (χ4v) is 6.94. The van der Waals surface area contributed by atoms with E-state index in [9.17, 15) is 4.79 Å². The predicted octanol–water partition coefficient (Wildman–Crippen LogP) is 3.47. The number of ketones is 1. The Morgan fingerprint density at radius 2 is 1.00 bits per heavy atom. The van der Waals surface area contributed by atoms with Crippen LogP contribution in [-0.2, 0) is 4.79 Å². The monoisotopic (exact) mass is 216 g/mol. The van der Waals surface area contributed by atoms with Crippen LogP contribution < -0.4 is 0 Å². The second-order valence-electron chi connectivity index (χ2n) is 7.51. The van der Waals surface area contributed by atoms with Crippen molar-refractivity contribution in [1.29, 1.82) is 0 Å². The van der Waals surface area contributed by atoms with Crippen molar-refractivity contribution in [3.8, 4) is 0 Å². The van der Waals surface area contributed by atoms with Crippen molar-refractivity contribution in [3.63, 3.8) is 0 Å². The summed E-state index contributed by atoms with van der Waals surface area (Å²) in [5.74, 6) is 0.720. The van der Waals surface area contributed by atoms with E-state index < -0.39 is 0 Å². The van der Waals surface area contributed by atoms with E-state index in [1.54, 1.807) is 0 Å². The lowest BCUT2D eigenvalue weighted by Crippen LogP contribution is -2.45. The molecule has 0 atom stereocenters. The lowest BCUT2D eigenvalue weighted by Gasteiger charge is -2.42. The van der Waals surface area contributed by atoms with Gasteiger partial charge in [-0.25, -0.2) is 0 Å². The molecule has 0 aromatic heterocycles. The van der Waals surface area contributed by atoms with Gasteiger partial charge in [0.1, 0.15) is 5.78 Å². The van der Waals surface area contributed by atoms with Gasteiger partial charge in [-0.05, 0) is 74.0 Å². The average Bonchev–Trinajstić information content (AvgIpc) is 3.13. The molecule has 5 fully saturated rings.